The van der Waals surface area contributed by atoms with E-state index in [1.54, 1.807) is 35.8 Å². The summed E-state index contributed by atoms with van der Waals surface area (Å²) in [7, 11) is 1.54. The van der Waals surface area contributed by atoms with E-state index in [2.05, 4.69) is 15.2 Å². The normalized spacial score (nSPS) is 11.0. The molecule has 2 heterocycles. The molecule has 26 heavy (non-hydrogen) atoms. The monoisotopic (exact) mass is 384 g/mol. The van der Waals surface area contributed by atoms with Crippen LogP contribution in [0, 0.1) is 23.5 Å². The first-order valence-electron chi connectivity index (χ1n) is 7.41. The minimum Gasteiger partial charge on any atom is -0.497 e. The van der Waals surface area contributed by atoms with Gasteiger partial charge in [0.15, 0.2) is 22.6 Å². The highest BCUT2D eigenvalue weighted by atomic mass is 32.2. The standard InChI is InChI=1S/C16H12F4N4OS/c1-3-24-15(8-4-6-9(25-2)7-5-8)22-23-16(24)26-12-10(17)13(19)21-14(20)11(12)18/h4-7H,3H2,1-2H3. The predicted molar refractivity (Wildman–Crippen MR) is 85.9 cm³/mol. The van der Waals surface area contributed by atoms with Gasteiger partial charge in [-0.15, -0.1) is 10.2 Å². The van der Waals surface area contributed by atoms with Crippen molar-refractivity contribution in [2.45, 2.75) is 23.5 Å². The van der Waals surface area contributed by atoms with E-state index in [4.69, 9.17) is 4.74 Å². The summed E-state index contributed by atoms with van der Waals surface area (Å²) in [5.74, 6) is -5.50. The lowest BCUT2D eigenvalue weighted by Crippen LogP contribution is -2.04. The molecule has 0 aliphatic heterocycles. The predicted octanol–water partition coefficient (Wildman–Crippen LogP) is 4.08. The van der Waals surface area contributed by atoms with Crippen LogP contribution in [-0.2, 0) is 6.54 Å². The zero-order valence-electron chi connectivity index (χ0n) is 13.6. The molecule has 5 nitrogen and oxygen atoms in total. The van der Waals surface area contributed by atoms with Gasteiger partial charge in [-0.05, 0) is 43.0 Å². The van der Waals surface area contributed by atoms with E-state index in [-0.39, 0.29) is 5.16 Å². The van der Waals surface area contributed by atoms with Gasteiger partial charge in [0.05, 0.1) is 12.0 Å². The molecule has 0 saturated heterocycles. The lowest BCUT2D eigenvalue weighted by molar-refractivity contribution is 0.383. The Labute approximate surface area is 150 Å². The summed E-state index contributed by atoms with van der Waals surface area (Å²) in [6.07, 6.45) is 0. The van der Waals surface area contributed by atoms with Crippen molar-refractivity contribution in [3.63, 3.8) is 0 Å². The molecular weight excluding hydrogens is 372 g/mol. The maximum atomic E-state index is 13.8. The van der Waals surface area contributed by atoms with Gasteiger partial charge in [0.1, 0.15) is 5.75 Å². The van der Waals surface area contributed by atoms with Crippen LogP contribution < -0.4 is 4.74 Å². The van der Waals surface area contributed by atoms with Gasteiger partial charge in [0, 0.05) is 12.1 Å². The van der Waals surface area contributed by atoms with Crippen molar-refractivity contribution in [3.05, 3.63) is 47.8 Å². The number of ether oxygens (including phenoxy) is 1. The Morgan fingerprint density at radius 3 is 2.15 bits per heavy atom. The van der Waals surface area contributed by atoms with Crippen molar-refractivity contribution >= 4 is 11.8 Å². The summed E-state index contributed by atoms with van der Waals surface area (Å²) < 4.78 is 60.9. The van der Waals surface area contributed by atoms with Crippen molar-refractivity contribution in [2.24, 2.45) is 0 Å². The molecule has 0 N–H and O–H groups in total. The third-order valence-electron chi connectivity index (χ3n) is 3.53. The summed E-state index contributed by atoms with van der Waals surface area (Å²) in [6, 6.07) is 6.94. The number of halogens is 4. The fraction of sp³-hybridized carbons (Fsp3) is 0.188. The first-order valence-corrected chi connectivity index (χ1v) is 8.23. The lowest BCUT2D eigenvalue weighted by atomic mass is 10.2. The van der Waals surface area contributed by atoms with E-state index in [0.29, 0.717) is 35.4 Å². The summed E-state index contributed by atoms with van der Waals surface area (Å²) in [4.78, 5) is 1.67. The molecule has 0 amide bonds. The number of benzene rings is 1. The Morgan fingerprint density at radius 1 is 1.00 bits per heavy atom. The van der Waals surface area contributed by atoms with Crippen molar-refractivity contribution in [1.29, 1.82) is 0 Å². The molecule has 0 spiro atoms. The minimum atomic E-state index is -1.72. The summed E-state index contributed by atoms with van der Waals surface area (Å²) in [5.41, 5.74) is 0.694. The average Bonchev–Trinajstić information content (AvgIpc) is 3.06. The number of hydrogen-bond acceptors (Lipinski definition) is 5. The van der Waals surface area contributed by atoms with Gasteiger partial charge in [-0.1, -0.05) is 0 Å². The Morgan fingerprint density at radius 2 is 1.62 bits per heavy atom. The van der Waals surface area contributed by atoms with Crippen LogP contribution in [0.15, 0.2) is 34.3 Å². The van der Waals surface area contributed by atoms with Crippen LogP contribution >= 0.6 is 11.8 Å². The Balaban J connectivity index is 2.02. The molecule has 0 fully saturated rings. The SMILES string of the molecule is CCn1c(Sc2c(F)c(F)nc(F)c2F)nnc1-c1ccc(OC)cc1. The van der Waals surface area contributed by atoms with E-state index in [1.165, 1.54) is 7.11 Å². The molecule has 0 saturated carbocycles. The van der Waals surface area contributed by atoms with Gasteiger partial charge in [-0.2, -0.15) is 13.8 Å². The maximum absolute atomic E-state index is 13.8. The summed E-state index contributed by atoms with van der Waals surface area (Å²) in [6.45, 7) is 2.15. The highest BCUT2D eigenvalue weighted by molar-refractivity contribution is 7.99. The molecule has 0 aliphatic carbocycles. The minimum absolute atomic E-state index is 0.0844. The Bertz CT molecular complexity index is 920. The molecular formula is C16H12F4N4OS. The second-order valence-corrected chi connectivity index (χ2v) is 6.01. The molecule has 1 aromatic carbocycles. The molecule has 2 aromatic heterocycles. The van der Waals surface area contributed by atoms with Crippen LogP contribution in [0.3, 0.4) is 0 Å². The fourth-order valence-corrected chi connectivity index (χ4v) is 3.19. The van der Waals surface area contributed by atoms with Crippen molar-refractivity contribution in [1.82, 2.24) is 19.7 Å². The van der Waals surface area contributed by atoms with Crippen molar-refractivity contribution in [3.8, 4) is 17.1 Å². The van der Waals surface area contributed by atoms with Crippen molar-refractivity contribution < 1.29 is 22.3 Å². The van der Waals surface area contributed by atoms with Crippen LogP contribution in [0.1, 0.15) is 6.92 Å². The van der Waals surface area contributed by atoms with E-state index in [0.717, 1.165) is 0 Å². The van der Waals surface area contributed by atoms with Crippen molar-refractivity contribution in [2.75, 3.05) is 7.11 Å². The highest BCUT2D eigenvalue weighted by Crippen LogP contribution is 2.34. The molecule has 0 aliphatic rings. The molecule has 3 aromatic rings. The quantitative estimate of drug-likeness (QED) is 0.490. The maximum Gasteiger partial charge on any atom is 0.252 e. The second-order valence-electron chi connectivity index (χ2n) is 5.03. The molecule has 0 radical (unpaired) electrons. The second kappa shape index (κ2) is 7.32. The van der Waals surface area contributed by atoms with Gasteiger partial charge in [0.25, 0.3) is 11.9 Å². The third-order valence-corrected chi connectivity index (χ3v) is 4.58. The molecule has 136 valence electrons. The highest BCUT2D eigenvalue weighted by Gasteiger charge is 2.24. The van der Waals surface area contributed by atoms with Gasteiger partial charge in [0.2, 0.25) is 0 Å². The smallest absolute Gasteiger partial charge is 0.252 e. The van der Waals surface area contributed by atoms with E-state index in [9.17, 15) is 17.6 Å². The first kappa shape index (κ1) is 18.2. The van der Waals surface area contributed by atoms with Crippen LogP contribution in [0.2, 0.25) is 0 Å². The molecule has 0 bridgehead atoms. The fourth-order valence-electron chi connectivity index (χ4n) is 2.25. The molecule has 0 unspecified atom stereocenters. The number of methoxy groups -OCH3 is 1. The summed E-state index contributed by atoms with van der Waals surface area (Å²) >= 11 is 0.438. The number of nitrogens with zero attached hydrogens (tertiary/aromatic N) is 4. The average molecular weight is 384 g/mol. The van der Waals surface area contributed by atoms with E-state index >= 15 is 0 Å². The van der Waals surface area contributed by atoms with E-state index in [1.807, 2.05) is 0 Å². The first-order chi connectivity index (χ1) is 12.5. The molecule has 10 heteroatoms. The van der Waals surface area contributed by atoms with Crippen LogP contribution in [0.25, 0.3) is 11.4 Å². The summed E-state index contributed by atoms with van der Waals surface area (Å²) in [5, 5.41) is 7.99. The number of hydrogen-bond donors (Lipinski definition) is 0. The zero-order valence-corrected chi connectivity index (χ0v) is 14.5. The van der Waals surface area contributed by atoms with Crippen LogP contribution in [-0.4, -0.2) is 26.9 Å². The Kier molecular flexibility index (Phi) is 5.12. The third kappa shape index (κ3) is 3.24. The van der Waals surface area contributed by atoms with Crippen LogP contribution in [0.4, 0.5) is 17.6 Å². The van der Waals surface area contributed by atoms with Gasteiger partial charge in [-0.25, -0.2) is 8.78 Å². The number of pyridine rings is 1. The van der Waals surface area contributed by atoms with E-state index < -0.39 is 28.4 Å². The van der Waals surface area contributed by atoms with Gasteiger partial charge >= 0.3 is 0 Å². The zero-order chi connectivity index (χ0) is 18.8. The lowest BCUT2D eigenvalue weighted by Gasteiger charge is -2.09. The Hall–Kier alpha value is -2.62. The topological polar surface area (TPSA) is 52.8 Å². The number of rotatable bonds is 5. The van der Waals surface area contributed by atoms with Gasteiger partial charge < -0.3 is 9.30 Å². The number of aromatic nitrogens is 4. The largest absolute Gasteiger partial charge is 0.497 e. The van der Waals surface area contributed by atoms with Crippen LogP contribution in [0.5, 0.6) is 5.75 Å². The molecule has 0 atom stereocenters. The van der Waals surface area contributed by atoms with Gasteiger partial charge in [-0.3, -0.25) is 0 Å². The molecule has 3 rings (SSSR count).